The van der Waals surface area contributed by atoms with E-state index in [0.29, 0.717) is 0 Å². The van der Waals surface area contributed by atoms with Gasteiger partial charge >= 0.3 is 0 Å². The van der Waals surface area contributed by atoms with Crippen molar-refractivity contribution in [3.63, 3.8) is 0 Å². The Morgan fingerprint density at radius 2 is 2.31 bits per heavy atom. The molecule has 1 N–H and O–H groups in total. The van der Waals surface area contributed by atoms with Gasteiger partial charge in [-0.25, -0.2) is 0 Å². The molecular formula is C9H18N4. The Morgan fingerprint density at radius 3 is 2.92 bits per heavy atom. The molecule has 0 bridgehead atoms. The molecule has 0 radical (unpaired) electrons. The Morgan fingerprint density at radius 1 is 1.46 bits per heavy atom. The lowest BCUT2D eigenvalue weighted by Gasteiger charge is -1.99. The molecule has 0 atom stereocenters. The molecule has 74 valence electrons. The number of aromatic nitrogens is 3. The average Bonchev–Trinajstić information content (AvgIpc) is 2.51. The summed E-state index contributed by atoms with van der Waals surface area (Å²) in [4.78, 5) is 0. The van der Waals surface area contributed by atoms with Crippen LogP contribution in [0.2, 0.25) is 0 Å². The summed E-state index contributed by atoms with van der Waals surface area (Å²) >= 11 is 0. The number of hydrogen-bond donors (Lipinski definition) is 1. The maximum absolute atomic E-state index is 4.02. The van der Waals surface area contributed by atoms with Crippen LogP contribution >= 0.6 is 0 Å². The van der Waals surface area contributed by atoms with Crippen LogP contribution in [-0.2, 0) is 13.5 Å². The minimum absolute atomic E-state index is 1.02. The molecule has 0 spiro atoms. The standard InChI is InChI=1S/C9H18N4/c1-3-6-10-7-4-5-9-8-13(2)12-11-9/h8,10H,3-7H2,1-2H3. The number of rotatable bonds is 6. The number of nitrogens with one attached hydrogen (secondary N) is 1. The van der Waals surface area contributed by atoms with E-state index in [1.54, 1.807) is 4.68 Å². The summed E-state index contributed by atoms with van der Waals surface area (Å²) < 4.78 is 1.74. The molecule has 4 heteroatoms. The zero-order chi connectivity index (χ0) is 9.52. The predicted molar refractivity (Wildman–Crippen MR) is 52.5 cm³/mol. The van der Waals surface area contributed by atoms with Crippen molar-refractivity contribution in [3.8, 4) is 0 Å². The van der Waals surface area contributed by atoms with Crippen molar-refractivity contribution in [2.45, 2.75) is 26.2 Å². The number of nitrogens with zero attached hydrogens (tertiary/aromatic N) is 3. The quantitative estimate of drug-likeness (QED) is 0.660. The van der Waals surface area contributed by atoms with E-state index in [-0.39, 0.29) is 0 Å². The summed E-state index contributed by atoms with van der Waals surface area (Å²) in [7, 11) is 1.89. The fourth-order valence-electron chi connectivity index (χ4n) is 1.21. The van der Waals surface area contributed by atoms with Gasteiger partial charge in [-0.05, 0) is 32.4 Å². The molecule has 0 amide bonds. The highest BCUT2D eigenvalue weighted by Gasteiger charge is 1.96. The molecule has 1 heterocycles. The third-order valence-corrected chi connectivity index (χ3v) is 1.86. The van der Waals surface area contributed by atoms with E-state index >= 15 is 0 Å². The largest absolute Gasteiger partial charge is 0.317 e. The lowest BCUT2D eigenvalue weighted by atomic mass is 10.2. The van der Waals surface area contributed by atoms with Gasteiger partial charge in [-0.15, -0.1) is 5.10 Å². The van der Waals surface area contributed by atoms with Crippen LogP contribution in [0.1, 0.15) is 25.5 Å². The minimum Gasteiger partial charge on any atom is -0.317 e. The number of aryl methyl sites for hydroxylation is 2. The van der Waals surface area contributed by atoms with Crippen LogP contribution in [0.15, 0.2) is 6.20 Å². The average molecular weight is 182 g/mol. The molecule has 1 rings (SSSR count). The maximum atomic E-state index is 4.02. The van der Waals surface area contributed by atoms with Crippen molar-refractivity contribution in [1.29, 1.82) is 0 Å². The first-order valence-electron chi connectivity index (χ1n) is 4.89. The van der Waals surface area contributed by atoms with E-state index in [9.17, 15) is 0 Å². The normalized spacial score (nSPS) is 10.6. The Bertz CT molecular complexity index is 231. The summed E-state index contributed by atoms with van der Waals surface area (Å²) in [6, 6.07) is 0. The molecule has 13 heavy (non-hydrogen) atoms. The molecule has 0 saturated carbocycles. The van der Waals surface area contributed by atoms with E-state index in [4.69, 9.17) is 0 Å². The van der Waals surface area contributed by atoms with E-state index < -0.39 is 0 Å². The SMILES string of the molecule is CCCNCCCc1cn(C)nn1. The summed E-state index contributed by atoms with van der Waals surface area (Å²) in [5.74, 6) is 0. The minimum atomic E-state index is 1.02. The third-order valence-electron chi connectivity index (χ3n) is 1.86. The highest BCUT2D eigenvalue weighted by atomic mass is 15.4. The van der Waals surface area contributed by atoms with Crippen molar-refractivity contribution in [2.75, 3.05) is 13.1 Å². The van der Waals surface area contributed by atoms with E-state index in [0.717, 1.165) is 31.6 Å². The Balaban J connectivity index is 2.06. The number of hydrogen-bond acceptors (Lipinski definition) is 3. The summed E-state index contributed by atoms with van der Waals surface area (Å²) in [5, 5.41) is 11.3. The molecule has 0 aromatic carbocycles. The zero-order valence-electron chi connectivity index (χ0n) is 8.45. The smallest absolute Gasteiger partial charge is 0.0827 e. The first-order valence-corrected chi connectivity index (χ1v) is 4.89. The van der Waals surface area contributed by atoms with E-state index in [1.807, 2.05) is 13.2 Å². The first kappa shape index (κ1) is 10.2. The van der Waals surface area contributed by atoms with Crippen LogP contribution in [-0.4, -0.2) is 28.1 Å². The predicted octanol–water partition coefficient (Wildman–Crippen LogP) is 0.747. The van der Waals surface area contributed by atoms with Gasteiger partial charge < -0.3 is 5.32 Å². The van der Waals surface area contributed by atoms with Gasteiger partial charge in [0.2, 0.25) is 0 Å². The Labute approximate surface area is 79.3 Å². The van der Waals surface area contributed by atoms with Crippen molar-refractivity contribution in [2.24, 2.45) is 7.05 Å². The van der Waals surface area contributed by atoms with Gasteiger partial charge in [0.15, 0.2) is 0 Å². The van der Waals surface area contributed by atoms with Crippen LogP contribution in [0.3, 0.4) is 0 Å². The Hall–Kier alpha value is -0.900. The van der Waals surface area contributed by atoms with E-state index in [1.165, 1.54) is 6.42 Å². The van der Waals surface area contributed by atoms with Gasteiger partial charge in [-0.2, -0.15) is 0 Å². The van der Waals surface area contributed by atoms with Crippen molar-refractivity contribution >= 4 is 0 Å². The van der Waals surface area contributed by atoms with Gasteiger partial charge in [-0.1, -0.05) is 12.1 Å². The molecule has 0 aliphatic carbocycles. The second kappa shape index (κ2) is 5.70. The van der Waals surface area contributed by atoms with Crippen LogP contribution in [0.4, 0.5) is 0 Å². The highest BCUT2D eigenvalue weighted by Crippen LogP contribution is 1.95. The summed E-state index contributed by atoms with van der Waals surface area (Å²) in [6.07, 6.45) is 5.33. The Kier molecular flexibility index (Phi) is 4.46. The summed E-state index contributed by atoms with van der Waals surface area (Å²) in [5.41, 5.74) is 1.08. The lowest BCUT2D eigenvalue weighted by molar-refractivity contribution is 0.635. The van der Waals surface area contributed by atoms with Crippen molar-refractivity contribution in [1.82, 2.24) is 20.3 Å². The highest BCUT2D eigenvalue weighted by molar-refractivity contribution is 4.91. The second-order valence-corrected chi connectivity index (χ2v) is 3.24. The molecule has 0 saturated heterocycles. The summed E-state index contributed by atoms with van der Waals surface area (Å²) in [6.45, 7) is 4.36. The van der Waals surface area contributed by atoms with Crippen LogP contribution in [0.5, 0.6) is 0 Å². The van der Waals surface area contributed by atoms with Crippen molar-refractivity contribution in [3.05, 3.63) is 11.9 Å². The lowest BCUT2D eigenvalue weighted by Crippen LogP contribution is -2.16. The fourth-order valence-corrected chi connectivity index (χ4v) is 1.21. The monoisotopic (exact) mass is 182 g/mol. The van der Waals surface area contributed by atoms with E-state index in [2.05, 4.69) is 22.6 Å². The van der Waals surface area contributed by atoms with Crippen LogP contribution in [0.25, 0.3) is 0 Å². The van der Waals surface area contributed by atoms with Gasteiger partial charge in [0.05, 0.1) is 5.69 Å². The maximum Gasteiger partial charge on any atom is 0.0827 e. The molecule has 1 aromatic rings. The molecule has 4 nitrogen and oxygen atoms in total. The van der Waals surface area contributed by atoms with Gasteiger partial charge in [-0.3, -0.25) is 4.68 Å². The van der Waals surface area contributed by atoms with Gasteiger partial charge in [0.25, 0.3) is 0 Å². The molecule has 0 unspecified atom stereocenters. The molecule has 0 aliphatic heterocycles. The third kappa shape index (κ3) is 4.03. The molecule has 0 fully saturated rings. The topological polar surface area (TPSA) is 42.7 Å². The second-order valence-electron chi connectivity index (χ2n) is 3.24. The van der Waals surface area contributed by atoms with Gasteiger partial charge in [0, 0.05) is 13.2 Å². The molecule has 1 aromatic heterocycles. The first-order chi connectivity index (χ1) is 6.33. The zero-order valence-corrected chi connectivity index (χ0v) is 8.45. The van der Waals surface area contributed by atoms with Gasteiger partial charge in [0.1, 0.15) is 0 Å². The van der Waals surface area contributed by atoms with Crippen LogP contribution in [0, 0.1) is 0 Å². The van der Waals surface area contributed by atoms with Crippen molar-refractivity contribution < 1.29 is 0 Å². The van der Waals surface area contributed by atoms with Crippen LogP contribution < -0.4 is 5.32 Å². The molecular weight excluding hydrogens is 164 g/mol. The fraction of sp³-hybridized carbons (Fsp3) is 0.778. The molecule has 0 aliphatic rings.